The first-order valence-electron chi connectivity index (χ1n) is 8.47. The van der Waals surface area contributed by atoms with E-state index in [2.05, 4.69) is 20.5 Å². The Labute approximate surface area is 166 Å². The minimum absolute atomic E-state index is 0. The van der Waals surface area contributed by atoms with Gasteiger partial charge in [-0.05, 0) is 31.0 Å². The number of aromatic nitrogens is 1. The largest absolute Gasteiger partial charge is 0.357 e. The van der Waals surface area contributed by atoms with Crippen LogP contribution >= 0.6 is 24.2 Å². The van der Waals surface area contributed by atoms with Crippen LogP contribution in [0, 0.1) is 5.82 Å². The number of hydrogen-bond donors (Lipinski definition) is 2. The molecule has 1 aromatic carbocycles. The quantitative estimate of drug-likeness (QED) is 0.817. The number of carbonyl (C=O) groups is 1. The molecule has 9 heteroatoms. The standard InChI is InChI=1S/C18H18FN5OS.ClH/c19-13-5-1-2-6-14(13)21-18-23-22-16(11-26-18)12-9-15(20-10-12)17(25)24-7-3-4-8-24;/h1-2,5-6,9-10,20H,3-4,7-8,11H2,(H,21,23);1H. The molecule has 0 atom stereocenters. The van der Waals surface area contributed by atoms with E-state index in [1.54, 1.807) is 24.4 Å². The van der Waals surface area contributed by atoms with Gasteiger partial charge >= 0.3 is 0 Å². The van der Waals surface area contributed by atoms with Crippen LogP contribution in [0.1, 0.15) is 28.9 Å². The molecule has 0 unspecified atom stereocenters. The monoisotopic (exact) mass is 407 g/mol. The summed E-state index contributed by atoms with van der Waals surface area (Å²) in [7, 11) is 0. The van der Waals surface area contributed by atoms with Crippen molar-refractivity contribution in [1.82, 2.24) is 15.3 Å². The zero-order chi connectivity index (χ0) is 17.9. The second-order valence-electron chi connectivity index (χ2n) is 6.13. The Hall–Kier alpha value is -2.32. The Morgan fingerprint density at radius 1 is 1.26 bits per heavy atom. The van der Waals surface area contributed by atoms with Gasteiger partial charge in [0.1, 0.15) is 17.2 Å². The first-order chi connectivity index (χ1) is 12.7. The number of para-hydroxylation sites is 1. The van der Waals surface area contributed by atoms with Gasteiger partial charge < -0.3 is 9.88 Å². The van der Waals surface area contributed by atoms with Crippen LogP contribution in [0.2, 0.25) is 0 Å². The van der Waals surface area contributed by atoms with E-state index in [9.17, 15) is 9.18 Å². The van der Waals surface area contributed by atoms with Crippen molar-refractivity contribution in [3.05, 3.63) is 53.6 Å². The first kappa shape index (κ1) is 19.4. The number of aliphatic imine (C=N–C) groups is 1. The smallest absolute Gasteiger partial charge is 0.270 e. The van der Waals surface area contributed by atoms with Crippen molar-refractivity contribution in [1.29, 1.82) is 0 Å². The maximum absolute atomic E-state index is 13.7. The number of H-pyrrole nitrogens is 1. The van der Waals surface area contributed by atoms with E-state index in [-0.39, 0.29) is 29.8 Å². The van der Waals surface area contributed by atoms with Crippen LogP contribution in [-0.2, 0) is 0 Å². The molecule has 142 valence electrons. The highest BCUT2D eigenvalue weighted by atomic mass is 35.5. The minimum Gasteiger partial charge on any atom is -0.357 e. The van der Waals surface area contributed by atoms with Gasteiger partial charge in [-0.1, -0.05) is 23.9 Å². The molecule has 1 saturated heterocycles. The highest BCUT2D eigenvalue weighted by Gasteiger charge is 2.22. The molecule has 27 heavy (non-hydrogen) atoms. The number of nitrogens with one attached hydrogen (secondary N) is 2. The highest BCUT2D eigenvalue weighted by Crippen LogP contribution is 2.21. The van der Waals surface area contributed by atoms with E-state index in [0.29, 0.717) is 16.6 Å². The van der Waals surface area contributed by atoms with Gasteiger partial charge in [0.2, 0.25) is 0 Å². The van der Waals surface area contributed by atoms with Crippen molar-refractivity contribution in [3.8, 4) is 0 Å². The van der Waals surface area contributed by atoms with Gasteiger partial charge in [0.25, 0.3) is 5.91 Å². The Balaban J connectivity index is 0.00000210. The number of carbonyl (C=O) groups excluding carboxylic acids is 1. The SMILES string of the molecule is Cl.O=C(c1cc(C2=NNC(=Nc3ccccc3F)SC2)c[nH]1)N1CCCC1. The fourth-order valence-corrected chi connectivity index (χ4v) is 3.73. The number of thioether (sulfide) groups is 1. The number of likely N-dealkylation sites (tertiary alicyclic amines) is 1. The lowest BCUT2D eigenvalue weighted by atomic mass is 10.2. The summed E-state index contributed by atoms with van der Waals surface area (Å²) in [5.74, 6) is 0.260. The average molecular weight is 408 g/mol. The third-order valence-corrected chi connectivity index (χ3v) is 5.22. The number of amidine groups is 1. The number of rotatable bonds is 3. The lowest BCUT2D eigenvalue weighted by molar-refractivity contribution is 0.0787. The van der Waals surface area contributed by atoms with E-state index in [1.165, 1.54) is 17.8 Å². The van der Waals surface area contributed by atoms with Gasteiger partial charge in [0.15, 0.2) is 5.17 Å². The molecule has 0 spiro atoms. The predicted octanol–water partition coefficient (Wildman–Crippen LogP) is 3.54. The van der Waals surface area contributed by atoms with Crippen LogP contribution in [0.5, 0.6) is 0 Å². The highest BCUT2D eigenvalue weighted by molar-refractivity contribution is 8.14. The predicted molar refractivity (Wildman–Crippen MR) is 109 cm³/mol. The van der Waals surface area contributed by atoms with Gasteiger partial charge in [-0.2, -0.15) is 5.10 Å². The Kier molecular flexibility index (Phi) is 6.18. The second-order valence-corrected chi connectivity index (χ2v) is 7.09. The Bertz CT molecular complexity index is 891. The maximum atomic E-state index is 13.7. The van der Waals surface area contributed by atoms with Crippen LogP contribution in [0.4, 0.5) is 10.1 Å². The summed E-state index contributed by atoms with van der Waals surface area (Å²) < 4.78 is 13.7. The van der Waals surface area contributed by atoms with E-state index in [1.807, 2.05) is 11.0 Å². The van der Waals surface area contributed by atoms with Gasteiger partial charge in [-0.15, -0.1) is 12.4 Å². The van der Waals surface area contributed by atoms with Crippen molar-refractivity contribution in [3.63, 3.8) is 0 Å². The number of amides is 1. The number of benzene rings is 1. The fraction of sp³-hybridized carbons (Fsp3) is 0.278. The third-order valence-electron chi connectivity index (χ3n) is 4.35. The summed E-state index contributed by atoms with van der Waals surface area (Å²) in [4.78, 5) is 21.6. The van der Waals surface area contributed by atoms with Crippen LogP contribution in [0.3, 0.4) is 0 Å². The zero-order valence-electron chi connectivity index (χ0n) is 14.4. The third kappa shape index (κ3) is 4.33. The molecule has 3 heterocycles. The Morgan fingerprint density at radius 2 is 2.04 bits per heavy atom. The number of hydrazone groups is 1. The fourth-order valence-electron chi connectivity index (χ4n) is 2.95. The molecule has 0 radical (unpaired) electrons. The van der Waals surface area contributed by atoms with Crippen LogP contribution < -0.4 is 5.43 Å². The lowest BCUT2D eigenvalue weighted by Gasteiger charge is -2.14. The number of hydrogen-bond acceptors (Lipinski definition) is 4. The van der Waals surface area contributed by atoms with Crippen molar-refractivity contribution in [2.75, 3.05) is 18.8 Å². The number of nitrogens with zero attached hydrogens (tertiary/aromatic N) is 3. The zero-order valence-corrected chi connectivity index (χ0v) is 16.1. The van der Waals surface area contributed by atoms with E-state index in [0.717, 1.165) is 37.2 Å². The molecule has 6 nitrogen and oxygen atoms in total. The lowest BCUT2D eigenvalue weighted by Crippen LogP contribution is -2.28. The summed E-state index contributed by atoms with van der Waals surface area (Å²) in [6.07, 6.45) is 3.93. The molecule has 2 aliphatic rings. The summed E-state index contributed by atoms with van der Waals surface area (Å²) in [6, 6.07) is 8.19. The first-order valence-corrected chi connectivity index (χ1v) is 9.46. The van der Waals surface area contributed by atoms with Crippen LogP contribution in [-0.4, -0.2) is 45.5 Å². The molecule has 0 saturated carbocycles. The molecular formula is C18H19ClFN5OS. The average Bonchev–Trinajstić information content (AvgIpc) is 3.36. The van der Waals surface area contributed by atoms with Crippen LogP contribution in [0.25, 0.3) is 0 Å². The second kappa shape index (κ2) is 8.58. The summed E-state index contributed by atoms with van der Waals surface area (Å²) in [6.45, 7) is 1.64. The van der Waals surface area contributed by atoms with Crippen molar-refractivity contribution in [2.24, 2.45) is 10.1 Å². The normalized spacial score (nSPS) is 18.0. The van der Waals surface area contributed by atoms with E-state index < -0.39 is 0 Å². The number of aromatic amines is 1. The van der Waals surface area contributed by atoms with Gasteiger partial charge in [-0.25, -0.2) is 9.38 Å². The topological polar surface area (TPSA) is 72.8 Å². The summed E-state index contributed by atoms with van der Waals surface area (Å²) in [5, 5.41) is 4.87. The molecule has 0 bridgehead atoms. The summed E-state index contributed by atoms with van der Waals surface area (Å²) in [5.41, 5.74) is 5.42. The molecule has 1 fully saturated rings. The molecule has 1 aromatic heterocycles. The molecule has 0 aliphatic carbocycles. The van der Waals surface area contributed by atoms with Gasteiger partial charge in [0.05, 0.1) is 5.71 Å². The maximum Gasteiger partial charge on any atom is 0.270 e. The molecule has 2 N–H and O–H groups in total. The minimum atomic E-state index is -0.368. The molecule has 1 amide bonds. The van der Waals surface area contributed by atoms with Crippen LogP contribution in [0.15, 0.2) is 46.6 Å². The molecule has 2 aliphatic heterocycles. The van der Waals surface area contributed by atoms with Crippen molar-refractivity contribution >= 4 is 46.6 Å². The van der Waals surface area contributed by atoms with Crippen molar-refractivity contribution < 1.29 is 9.18 Å². The molecular weight excluding hydrogens is 389 g/mol. The van der Waals surface area contributed by atoms with E-state index >= 15 is 0 Å². The molecule has 4 rings (SSSR count). The van der Waals surface area contributed by atoms with Gasteiger partial charge in [0, 0.05) is 30.6 Å². The van der Waals surface area contributed by atoms with E-state index in [4.69, 9.17) is 0 Å². The van der Waals surface area contributed by atoms with Gasteiger partial charge in [-0.3, -0.25) is 10.2 Å². The molecule has 2 aromatic rings. The summed E-state index contributed by atoms with van der Waals surface area (Å²) >= 11 is 1.44. The number of halogens is 2. The Morgan fingerprint density at radius 3 is 2.74 bits per heavy atom. The van der Waals surface area contributed by atoms with Crippen molar-refractivity contribution in [2.45, 2.75) is 12.8 Å².